The third-order valence-corrected chi connectivity index (χ3v) is 8.18. The zero-order valence-electron chi connectivity index (χ0n) is 21.8. The number of benzene rings is 3. The van der Waals surface area contributed by atoms with Crippen LogP contribution in [-0.2, 0) is 17.6 Å². The molecule has 3 aliphatic rings. The van der Waals surface area contributed by atoms with E-state index < -0.39 is 18.2 Å². The van der Waals surface area contributed by atoms with E-state index in [0.29, 0.717) is 37.3 Å². The molecule has 5 nitrogen and oxygen atoms in total. The van der Waals surface area contributed by atoms with Crippen molar-refractivity contribution in [2.75, 3.05) is 18.4 Å². The number of rotatable bonds is 5. The normalized spacial score (nSPS) is 21.1. The van der Waals surface area contributed by atoms with Crippen LogP contribution in [0.4, 0.5) is 27.6 Å². The number of nitrogens with one attached hydrogen (secondary N) is 1. The van der Waals surface area contributed by atoms with Gasteiger partial charge in [-0.3, -0.25) is 4.79 Å². The summed E-state index contributed by atoms with van der Waals surface area (Å²) in [7, 11) is 0. The first-order valence-corrected chi connectivity index (χ1v) is 13.5. The van der Waals surface area contributed by atoms with Gasteiger partial charge in [-0.15, -0.1) is 13.2 Å². The number of piperidine rings is 1. The lowest BCUT2D eigenvalue weighted by Crippen LogP contribution is -2.50. The van der Waals surface area contributed by atoms with Gasteiger partial charge in [0.15, 0.2) is 6.10 Å². The summed E-state index contributed by atoms with van der Waals surface area (Å²) in [6, 6.07) is 14.6. The van der Waals surface area contributed by atoms with Gasteiger partial charge >= 0.3 is 6.36 Å². The lowest BCUT2D eigenvalue weighted by molar-refractivity contribution is -0.274. The number of anilines is 1. The molecule has 1 fully saturated rings. The minimum absolute atomic E-state index is 0.0331. The van der Waals surface area contributed by atoms with E-state index in [9.17, 15) is 31.9 Å². The van der Waals surface area contributed by atoms with E-state index in [1.807, 2.05) is 17.0 Å². The Morgan fingerprint density at radius 3 is 2.10 bits per heavy atom. The molecular formula is C31H27F5N2O3. The van der Waals surface area contributed by atoms with E-state index in [0.717, 1.165) is 47.2 Å². The zero-order chi connectivity index (χ0) is 28.9. The lowest BCUT2D eigenvalue weighted by Gasteiger charge is -2.44. The van der Waals surface area contributed by atoms with Crippen LogP contribution in [0, 0.1) is 17.6 Å². The number of alkyl halides is 3. The fourth-order valence-corrected chi connectivity index (χ4v) is 6.42. The number of hydrogen-bond donors (Lipinski definition) is 2. The highest BCUT2D eigenvalue weighted by molar-refractivity contribution is 6.10. The number of nitrogens with zero attached hydrogens (tertiary/aromatic N) is 1. The van der Waals surface area contributed by atoms with E-state index in [4.69, 9.17) is 0 Å². The molecule has 0 spiro atoms. The first-order chi connectivity index (χ1) is 19.6. The highest BCUT2D eigenvalue weighted by atomic mass is 19.4. The van der Waals surface area contributed by atoms with Gasteiger partial charge in [-0.05, 0) is 102 Å². The molecule has 2 atom stereocenters. The van der Waals surface area contributed by atoms with Gasteiger partial charge in [-0.25, -0.2) is 8.78 Å². The molecule has 2 aliphatic carbocycles. The number of ketones is 1. The highest BCUT2D eigenvalue weighted by Crippen LogP contribution is 2.44. The number of fused-ring (bicyclic) bond motifs is 2. The number of carbonyl (C=O) groups is 1. The smallest absolute Gasteiger partial charge is 0.406 e. The molecule has 3 aromatic rings. The van der Waals surface area contributed by atoms with Crippen molar-refractivity contribution < 1.29 is 36.6 Å². The quantitative estimate of drug-likeness (QED) is 0.365. The number of aliphatic hydroxyl groups is 1. The maximum absolute atomic E-state index is 14.2. The van der Waals surface area contributed by atoms with Gasteiger partial charge < -0.3 is 20.1 Å². The molecule has 214 valence electrons. The molecule has 3 aromatic carbocycles. The molecule has 1 saturated heterocycles. The summed E-state index contributed by atoms with van der Waals surface area (Å²) < 4.78 is 69.8. The van der Waals surface area contributed by atoms with Crippen LogP contribution < -0.4 is 10.1 Å². The van der Waals surface area contributed by atoms with Crippen molar-refractivity contribution in [1.29, 1.82) is 0 Å². The second-order valence-electron chi connectivity index (χ2n) is 10.7. The number of ether oxygens (including phenoxy) is 1. The molecule has 0 bridgehead atoms. The Kier molecular flexibility index (Phi) is 6.97. The molecule has 0 radical (unpaired) electrons. The van der Waals surface area contributed by atoms with Crippen LogP contribution in [0.25, 0.3) is 0 Å². The molecule has 0 aromatic heterocycles. The number of Topliss-reactive ketones (excluding diaryl/α,β-unsaturated/α-hetero) is 1. The maximum atomic E-state index is 14.2. The fourth-order valence-electron chi connectivity index (χ4n) is 6.42. The minimum atomic E-state index is -4.82. The lowest BCUT2D eigenvalue weighted by atomic mass is 9.75. The van der Waals surface area contributed by atoms with Gasteiger partial charge in [0.25, 0.3) is 0 Å². The van der Waals surface area contributed by atoms with Crippen molar-refractivity contribution in [3.8, 4) is 5.75 Å². The Morgan fingerprint density at radius 1 is 0.902 bits per heavy atom. The summed E-state index contributed by atoms with van der Waals surface area (Å²) in [6.45, 7) is 1.10. The standard InChI is InChI=1S/C31H27F5N2O3/c32-20-5-11-24-17(14-20)3-4-18-15-21(33)6-12-25(18)26(24)19-2-1-13-38(16-19)28-27(29(39)30(28)40)37-22-7-9-23(10-8-22)41-31(34,35)36/h5-12,14-15,19,26,30,37,40H,1-4,13,16H2. The SMILES string of the molecule is O=C1C(Nc2ccc(OC(F)(F)F)cc2)=C(N2CCCC(C3c4ccc(F)cc4CCc4cc(F)ccc43)C2)C1O. The summed E-state index contributed by atoms with van der Waals surface area (Å²) in [5, 5.41) is 13.6. The van der Waals surface area contributed by atoms with Crippen molar-refractivity contribution in [2.45, 2.75) is 44.1 Å². The van der Waals surface area contributed by atoms with Crippen molar-refractivity contribution in [1.82, 2.24) is 4.90 Å². The van der Waals surface area contributed by atoms with E-state index in [1.54, 1.807) is 12.1 Å². The Balaban J connectivity index is 1.29. The van der Waals surface area contributed by atoms with Crippen molar-refractivity contribution in [3.05, 3.63) is 106 Å². The van der Waals surface area contributed by atoms with Crippen LogP contribution in [0.3, 0.4) is 0 Å². The third kappa shape index (κ3) is 5.40. The van der Waals surface area contributed by atoms with E-state index in [-0.39, 0.29) is 34.9 Å². The number of aliphatic hydroxyl groups excluding tert-OH is 1. The first-order valence-electron chi connectivity index (χ1n) is 13.5. The zero-order valence-corrected chi connectivity index (χ0v) is 21.8. The van der Waals surface area contributed by atoms with Gasteiger partial charge in [-0.2, -0.15) is 0 Å². The number of likely N-dealkylation sites (tertiary alicyclic amines) is 1. The summed E-state index contributed by atoms with van der Waals surface area (Å²) in [6.07, 6.45) is -3.33. The molecule has 1 heterocycles. The second kappa shape index (κ2) is 10.5. The monoisotopic (exact) mass is 570 g/mol. The van der Waals surface area contributed by atoms with Gasteiger partial charge in [-0.1, -0.05) is 12.1 Å². The maximum Gasteiger partial charge on any atom is 0.573 e. The molecule has 10 heteroatoms. The van der Waals surface area contributed by atoms with Crippen LogP contribution in [0.2, 0.25) is 0 Å². The molecule has 0 amide bonds. The number of aryl methyl sites for hydroxylation is 2. The van der Waals surface area contributed by atoms with Crippen LogP contribution in [0.15, 0.2) is 72.1 Å². The van der Waals surface area contributed by atoms with E-state index >= 15 is 0 Å². The Hall–Kier alpha value is -3.92. The van der Waals surface area contributed by atoms with Crippen LogP contribution >= 0.6 is 0 Å². The highest BCUT2D eigenvalue weighted by Gasteiger charge is 2.44. The van der Waals surface area contributed by atoms with Crippen LogP contribution in [0.5, 0.6) is 5.75 Å². The molecule has 2 unspecified atom stereocenters. The third-order valence-electron chi connectivity index (χ3n) is 8.18. The molecular weight excluding hydrogens is 543 g/mol. The second-order valence-corrected chi connectivity index (χ2v) is 10.7. The van der Waals surface area contributed by atoms with Crippen LogP contribution in [0.1, 0.15) is 41.0 Å². The summed E-state index contributed by atoms with van der Waals surface area (Å²) in [4.78, 5) is 14.6. The van der Waals surface area contributed by atoms with Crippen LogP contribution in [-0.4, -0.2) is 41.3 Å². The Labute approximate surface area is 233 Å². The number of halogens is 5. The summed E-state index contributed by atoms with van der Waals surface area (Å²) in [5.74, 6) is -1.63. The van der Waals surface area contributed by atoms with E-state index in [2.05, 4.69) is 10.1 Å². The fraction of sp³-hybridized carbons (Fsp3) is 0.323. The van der Waals surface area contributed by atoms with E-state index in [1.165, 1.54) is 24.3 Å². The molecule has 0 saturated carbocycles. The Bertz CT molecular complexity index is 1470. The van der Waals surface area contributed by atoms with Crippen molar-refractivity contribution in [3.63, 3.8) is 0 Å². The first kappa shape index (κ1) is 27.3. The van der Waals surface area contributed by atoms with Crippen molar-refractivity contribution in [2.24, 2.45) is 5.92 Å². The summed E-state index contributed by atoms with van der Waals surface area (Å²) >= 11 is 0. The van der Waals surface area contributed by atoms with Gasteiger partial charge in [0.1, 0.15) is 23.1 Å². The predicted octanol–water partition coefficient (Wildman–Crippen LogP) is 6.07. The summed E-state index contributed by atoms with van der Waals surface area (Å²) in [5.41, 5.74) is 4.78. The number of hydrogen-bond acceptors (Lipinski definition) is 5. The minimum Gasteiger partial charge on any atom is -0.406 e. The topological polar surface area (TPSA) is 61.8 Å². The van der Waals surface area contributed by atoms with Gasteiger partial charge in [0.05, 0.1) is 5.70 Å². The average Bonchev–Trinajstić information content (AvgIpc) is 3.09. The molecule has 41 heavy (non-hydrogen) atoms. The number of carbonyl (C=O) groups excluding carboxylic acids is 1. The Morgan fingerprint density at radius 2 is 1.51 bits per heavy atom. The molecule has 1 aliphatic heterocycles. The predicted molar refractivity (Wildman–Crippen MR) is 141 cm³/mol. The van der Waals surface area contributed by atoms with Gasteiger partial charge in [0.2, 0.25) is 5.78 Å². The average molecular weight is 571 g/mol. The van der Waals surface area contributed by atoms with Crippen molar-refractivity contribution >= 4 is 11.5 Å². The van der Waals surface area contributed by atoms with Gasteiger partial charge in [0, 0.05) is 24.7 Å². The molecule has 6 rings (SSSR count). The molecule has 2 N–H and O–H groups in total. The largest absolute Gasteiger partial charge is 0.573 e.